The molecule has 1 aromatic carbocycles. The maximum absolute atomic E-state index is 4.16. The van der Waals surface area contributed by atoms with Gasteiger partial charge in [-0.25, -0.2) is 0 Å². The van der Waals surface area contributed by atoms with Gasteiger partial charge in [0.25, 0.3) is 0 Å². The summed E-state index contributed by atoms with van der Waals surface area (Å²) < 4.78 is 0. The second-order valence-corrected chi connectivity index (χ2v) is 5.27. The highest BCUT2D eigenvalue weighted by Gasteiger charge is 2.22. The Morgan fingerprint density at radius 2 is 2.18 bits per heavy atom. The SMILES string of the molecule is Cc1ccc2[nH]ncc2c1C1CCC(C)CN1. The van der Waals surface area contributed by atoms with E-state index < -0.39 is 0 Å². The van der Waals surface area contributed by atoms with Gasteiger partial charge in [-0.15, -0.1) is 0 Å². The van der Waals surface area contributed by atoms with E-state index in [4.69, 9.17) is 0 Å². The Labute approximate surface area is 102 Å². The number of hydrogen-bond acceptors (Lipinski definition) is 2. The first-order chi connectivity index (χ1) is 8.25. The zero-order chi connectivity index (χ0) is 11.8. The minimum atomic E-state index is 0.493. The molecule has 0 radical (unpaired) electrons. The van der Waals surface area contributed by atoms with Gasteiger partial charge in [0.2, 0.25) is 0 Å². The molecule has 1 fully saturated rings. The van der Waals surface area contributed by atoms with Gasteiger partial charge < -0.3 is 5.32 Å². The molecule has 2 aromatic rings. The van der Waals surface area contributed by atoms with Crippen LogP contribution in [-0.4, -0.2) is 16.7 Å². The molecule has 3 rings (SSSR count). The monoisotopic (exact) mass is 229 g/mol. The van der Waals surface area contributed by atoms with E-state index in [2.05, 4.69) is 41.5 Å². The van der Waals surface area contributed by atoms with E-state index in [0.717, 1.165) is 18.0 Å². The number of fused-ring (bicyclic) bond motifs is 1. The molecule has 3 heteroatoms. The highest BCUT2D eigenvalue weighted by molar-refractivity contribution is 5.83. The predicted molar refractivity (Wildman–Crippen MR) is 70.0 cm³/mol. The fraction of sp³-hybridized carbons (Fsp3) is 0.500. The van der Waals surface area contributed by atoms with Crippen molar-refractivity contribution in [2.24, 2.45) is 5.92 Å². The van der Waals surface area contributed by atoms with Crippen molar-refractivity contribution in [2.45, 2.75) is 32.7 Å². The number of rotatable bonds is 1. The minimum Gasteiger partial charge on any atom is -0.310 e. The molecular weight excluding hydrogens is 210 g/mol. The number of aromatic nitrogens is 2. The summed E-state index contributed by atoms with van der Waals surface area (Å²) in [5.74, 6) is 0.801. The second-order valence-electron chi connectivity index (χ2n) is 5.27. The Bertz CT molecular complexity index is 521. The van der Waals surface area contributed by atoms with E-state index in [1.165, 1.54) is 29.4 Å². The minimum absolute atomic E-state index is 0.493. The first kappa shape index (κ1) is 10.8. The van der Waals surface area contributed by atoms with Crippen LogP contribution in [0.5, 0.6) is 0 Å². The molecular formula is C14H19N3. The Kier molecular flexibility index (Phi) is 2.63. The Morgan fingerprint density at radius 3 is 2.94 bits per heavy atom. The molecule has 0 bridgehead atoms. The van der Waals surface area contributed by atoms with Crippen LogP contribution in [0.4, 0.5) is 0 Å². The molecule has 3 nitrogen and oxygen atoms in total. The lowest BCUT2D eigenvalue weighted by Gasteiger charge is -2.29. The van der Waals surface area contributed by atoms with Crippen LogP contribution in [0, 0.1) is 12.8 Å². The van der Waals surface area contributed by atoms with Gasteiger partial charge in [0.15, 0.2) is 0 Å². The van der Waals surface area contributed by atoms with Crippen LogP contribution in [0.2, 0.25) is 0 Å². The molecule has 90 valence electrons. The summed E-state index contributed by atoms with van der Waals surface area (Å²) in [7, 11) is 0. The quantitative estimate of drug-likeness (QED) is 0.789. The van der Waals surface area contributed by atoms with Crippen molar-refractivity contribution in [2.75, 3.05) is 6.54 Å². The highest BCUT2D eigenvalue weighted by Crippen LogP contribution is 2.32. The standard InChI is InChI=1S/C14H19N3/c1-9-3-5-13(15-7-9)14-10(2)4-6-12-11(14)8-16-17-12/h4,6,8-9,13,15H,3,5,7H2,1-2H3,(H,16,17). The van der Waals surface area contributed by atoms with Gasteiger partial charge in [0, 0.05) is 11.4 Å². The molecule has 1 aliphatic rings. The summed E-state index contributed by atoms with van der Waals surface area (Å²) >= 11 is 0. The number of nitrogens with one attached hydrogen (secondary N) is 2. The average molecular weight is 229 g/mol. The first-order valence-corrected chi connectivity index (χ1v) is 6.41. The van der Waals surface area contributed by atoms with Crippen molar-refractivity contribution in [1.29, 1.82) is 0 Å². The zero-order valence-electron chi connectivity index (χ0n) is 10.5. The van der Waals surface area contributed by atoms with E-state index in [0.29, 0.717) is 6.04 Å². The number of aryl methyl sites for hydroxylation is 1. The average Bonchev–Trinajstić information content (AvgIpc) is 2.79. The Hall–Kier alpha value is -1.35. The van der Waals surface area contributed by atoms with E-state index in [1.807, 2.05) is 6.20 Å². The van der Waals surface area contributed by atoms with Gasteiger partial charge in [-0.1, -0.05) is 13.0 Å². The molecule has 0 saturated carbocycles. The van der Waals surface area contributed by atoms with Crippen molar-refractivity contribution in [3.63, 3.8) is 0 Å². The predicted octanol–water partition coefficient (Wildman–Crippen LogP) is 2.93. The fourth-order valence-electron chi connectivity index (χ4n) is 2.86. The number of piperidine rings is 1. The second kappa shape index (κ2) is 4.15. The van der Waals surface area contributed by atoms with Crippen molar-refractivity contribution >= 4 is 10.9 Å². The molecule has 2 atom stereocenters. The van der Waals surface area contributed by atoms with Crippen molar-refractivity contribution < 1.29 is 0 Å². The molecule has 0 aliphatic carbocycles. The summed E-state index contributed by atoms with van der Waals surface area (Å²) in [4.78, 5) is 0. The zero-order valence-corrected chi connectivity index (χ0v) is 10.5. The lowest BCUT2D eigenvalue weighted by atomic mass is 9.88. The maximum Gasteiger partial charge on any atom is 0.0653 e. The van der Waals surface area contributed by atoms with Crippen LogP contribution in [0.15, 0.2) is 18.3 Å². The molecule has 1 aliphatic heterocycles. The summed E-state index contributed by atoms with van der Waals surface area (Å²) in [6, 6.07) is 4.80. The molecule has 17 heavy (non-hydrogen) atoms. The van der Waals surface area contributed by atoms with Crippen LogP contribution in [-0.2, 0) is 0 Å². The fourth-order valence-corrected chi connectivity index (χ4v) is 2.86. The van der Waals surface area contributed by atoms with Crippen molar-refractivity contribution in [3.8, 4) is 0 Å². The largest absolute Gasteiger partial charge is 0.310 e. The topological polar surface area (TPSA) is 40.7 Å². The van der Waals surface area contributed by atoms with Crippen molar-refractivity contribution in [1.82, 2.24) is 15.5 Å². The molecule has 1 aromatic heterocycles. The molecule has 2 unspecified atom stereocenters. The summed E-state index contributed by atoms with van der Waals surface area (Å²) in [5, 5.41) is 12.2. The smallest absolute Gasteiger partial charge is 0.0653 e. The third-order valence-corrected chi connectivity index (χ3v) is 3.89. The van der Waals surface area contributed by atoms with Crippen LogP contribution in [0.25, 0.3) is 10.9 Å². The number of benzene rings is 1. The number of hydrogen-bond donors (Lipinski definition) is 2. The summed E-state index contributed by atoms with van der Waals surface area (Å²) in [6.07, 6.45) is 4.50. The van der Waals surface area contributed by atoms with E-state index in [1.54, 1.807) is 0 Å². The molecule has 2 N–H and O–H groups in total. The van der Waals surface area contributed by atoms with Gasteiger partial charge in [-0.2, -0.15) is 5.10 Å². The van der Waals surface area contributed by atoms with Gasteiger partial charge >= 0.3 is 0 Å². The third-order valence-electron chi connectivity index (χ3n) is 3.89. The first-order valence-electron chi connectivity index (χ1n) is 6.41. The molecule has 0 amide bonds. The molecule has 2 heterocycles. The number of H-pyrrole nitrogens is 1. The lowest BCUT2D eigenvalue weighted by molar-refractivity contribution is 0.333. The van der Waals surface area contributed by atoms with E-state index in [-0.39, 0.29) is 0 Å². The maximum atomic E-state index is 4.16. The van der Waals surface area contributed by atoms with Gasteiger partial charge in [0.1, 0.15) is 0 Å². The normalized spacial score (nSPS) is 25.3. The summed E-state index contributed by atoms with van der Waals surface area (Å²) in [5.41, 5.74) is 3.94. The van der Waals surface area contributed by atoms with Gasteiger partial charge in [-0.3, -0.25) is 5.10 Å². The lowest BCUT2D eigenvalue weighted by Crippen LogP contribution is -2.32. The van der Waals surface area contributed by atoms with Crippen LogP contribution < -0.4 is 5.32 Å². The van der Waals surface area contributed by atoms with Crippen LogP contribution in [0.3, 0.4) is 0 Å². The van der Waals surface area contributed by atoms with E-state index >= 15 is 0 Å². The van der Waals surface area contributed by atoms with Gasteiger partial charge in [-0.05, 0) is 49.4 Å². The van der Waals surface area contributed by atoms with Crippen LogP contribution >= 0.6 is 0 Å². The highest BCUT2D eigenvalue weighted by atomic mass is 15.1. The Balaban J connectivity index is 2.03. The Morgan fingerprint density at radius 1 is 1.29 bits per heavy atom. The van der Waals surface area contributed by atoms with Crippen LogP contribution in [0.1, 0.15) is 36.9 Å². The number of aromatic amines is 1. The van der Waals surface area contributed by atoms with E-state index in [9.17, 15) is 0 Å². The summed E-state index contributed by atoms with van der Waals surface area (Å²) in [6.45, 7) is 5.63. The molecule has 1 saturated heterocycles. The van der Waals surface area contributed by atoms with Gasteiger partial charge in [0.05, 0.1) is 11.7 Å². The molecule has 0 spiro atoms. The number of nitrogens with zero attached hydrogens (tertiary/aromatic N) is 1. The third kappa shape index (κ3) is 1.84. The van der Waals surface area contributed by atoms with Crippen molar-refractivity contribution in [3.05, 3.63) is 29.5 Å².